The van der Waals surface area contributed by atoms with Gasteiger partial charge in [-0.05, 0) is 12.1 Å². The zero-order valence-corrected chi connectivity index (χ0v) is 9.34. The van der Waals surface area contributed by atoms with Gasteiger partial charge in [0.1, 0.15) is 0 Å². The number of nitrogens with two attached hydrogens (primary N) is 1. The van der Waals surface area contributed by atoms with E-state index in [0.29, 0.717) is 5.56 Å². The fourth-order valence-corrected chi connectivity index (χ4v) is 1.60. The molecule has 0 atom stereocenters. The van der Waals surface area contributed by atoms with Gasteiger partial charge in [-0.25, -0.2) is 4.79 Å². The number of rotatable bonds is 2. The molecule has 0 heterocycles. The van der Waals surface area contributed by atoms with Crippen LogP contribution in [0, 0.1) is 0 Å². The third kappa shape index (κ3) is 2.61. The molecule has 0 aliphatic heterocycles. The van der Waals surface area contributed by atoms with Gasteiger partial charge in [-0.3, -0.25) is 0 Å². The van der Waals surface area contributed by atoms with Gasteiger partial charge in [0.05, 0.1) is 28.9 Å². The number of ether oxygens (including phenoxy) is 1. The van der Waals surface area contributed by atoms with Crippen LogP contribution in [0.15, 0.2) is 17.2 Å². The number of methoxy groups -OCH3 is 1. The van der Waals surface area contributed by atoms with Gasteiger partial charge in [0, 0.05) is 5.56 Å². The third-order valence-electron chi connectivity index (χ3n) is 1.70. The quantitative estimate of drug-likeness (QED) is 0.376. The van der Waals surface area contributed by atoms with Gasteiger partial charge in [-0.1, -0.05) is 23.2 Å². The van der Waals surface area contributed by atoms with Crippen molar-refractivity contribution in [3.05, 3.63) is 33.3 Å². The molecule has 0 aliphatic rings. The summed E-state index contributed by atoms with van der Waals surface area (Å²) >= 11 is 11.8. The predicted molar refractivity (Wildman–Crippen MR) is 59.6 cm³/mol. The molecular formula is C9H8Cl2N2O2. The number of hydrogen-bond acceptors (Lipinski definition) is 4. The first-order valence-corrected chi connectivity index (χ1v) is 4.66. The smallest absolute Gasteiger partial charge is 0.337 e. The van der Waals surface area contributed by atoms with E-state index in [2.05, 4.69) is 9.84 Å². The Morgan fingerprint density at radius 3 is 2.40 bits per heavy atom. The number of benzene rings is 1. The fourth-order valence-electron chi connectivity index (χ4n) is 1.02. The molecule has 15 heavy (non-hydrogen) atoms. The molecule has 0 fully saturated rings. The summed E-state index contributed by atoms with van der Waals surface area (Å²) in [5, 5.41) is 3.89. The van der Waals surface area contributed by atoms with Crippen LogP contribution in [0.25, 0.3) is 0 Å². The first-order valence-electron chi connectivity index (χ1n) is 3.90. The second kappa shape index (κ2) is 5.00. The van der Waals surface area contributed by atoms with E-state index in [1.54, 1.807) is 0 Å². The van der Waals surface area contributed by atoms with Crippen molar-refractivity contribution in [2.24, 2.45) is 10.9 Å². The molecule has 0 spiro atoms. The van der Waals surface area contributed by atoms with Crippen LogP contribution in [0.4, 0.5) is 0 Å². The number of hydrazone groups is 1. The van der Waals surface area contributed by atoms with E-state index in [9.17, 15) is 4.79 Å². The van der Waals surface area contributed by atoms with Crippen molar-refractivity contribution in [3.63, 3.8) is 0 Å². The molecule has 6 heteroatoms. The molecule has 0 saturated heterocycles. The highest BCUT2D eigenvalue weighted by molar-refractivity contribution is 6.39. The Labute approximate surface area is 96.6 Å². The molecule has 80 valence electrons. The molecule has 0 radical (unpaired) electrons. The minimum atomic E-state index is -0.505. The Hall–Kier alpha value is -1.26. The van der Waals surface area contributed by atoms with Crippen LogP contribution in [0.1, 0.15) is 15.9 Å². The number of nitrogens with zero attached hydrogens (tertiary/aromatic N) is 1. The number of halogens is 2. The highest BCUT2D eigenvalue weighted by atomic mass is 35.5. The molecule has 0 amide bonds. The van der Waals surface area contributed by atoms with Gasteiger partial charge in [0.15, 0.2) is 0 Å². The fraction of sp³-hybridized carbons (Fsp3) is 0.111. The Morgan fingerprint density at radius 1 is 1.47 bits per heavy atom. The summed E-state index contributed by atoms with van der Waals surface area (Å²) < 4.78 is 4.53. The number of carbonyl (C=O) groups excluding carboxylic acids is 1. The van der Waals surface area contributed by atoms with Crippen molar-refractivity contribution < 1.29 is 9.53 Å². The highest BCUT2D eigenvalue weighted by Gasteiger charge is 2.11. The lowest BCUT2D eigenvalue weighted by atomic mass is 10.1. The molecule has 0 unspecified atom stereocenters. The van der Waals surface area contributed by atoms with Gasteiger partial charge >= 0.3 is 5.97 Å². The largest absolute Gasteiger partial charge is 0.465 e. The van der Waals surface area contributed by atoms with Crippen LogP contribution in [0.2, 0.25) is 10.0 Å². The average molecular weight is 247 g/mol. The van der Waals surface area contributed by atoms with Gasteiger partial charge in [-0.2, -0.15) is 5.10 Å². The standard InChI is InChI=1S/C9H8Cl2N2O2/c1-15-9(14)5-2-7(10)6(4-13-12)8(11)3-5/h2-4H,12H2,1H3. The molecule has 0 bridgehead atoms. The lowest BCUT2D eigenvalue weighted by molar-refractivity contribution is 0.0601. The molecular weight excluding hydrogens is 239 g/mol. The Balaban J connectivity index is 3.25. The summed E-state index contributed by atoms with van der Waals surface area (Å²) in [4.78, 5) is 11.2. The van der Waals surface area contributed by atoms with Crippen molar-refractivity contribution in [3.8, 4) is 0 Å². The second-order valence-corrected chi connectivity index (χ2v) is 3.44. The van der Waals surface area contributed by atoms with Crippen molar-refractivity contribution in [2.45, 2.75) is 0 Å². The average Bonchev–Trinajstić information content (AvgIpc) is 2.22. The van der Waals surface area contributed by atoms with Gasteiger partial charge < -0.3 is 10.6 Å². The molecule has 0 aromatic heterocycles. The molecule has 0 saturated carbocycles. The topological polar surface area (TPSA) is 64.7 Å². The van der Waals surface area contributed by atoms with E-state index < -0.39 is 5.97 Å². The van der Waals surface area contributed by atoms with Crippen LogP contribution in [0.3, 0.4) is 0 Å². The first kappa shape index (κ1) is 11.8. The monoisotopic (exact) mass is 246 g/mol. The van der Waals surface area contributed by atoms with E-state index in [4.69, 9.17) is 29.0 Å². The maximum atomic E-state index is 11.2. The first-order chi connectivity index (χ1) is 7.10. The molecule has 1 rings (SSSR count). The summed E-state index contributed by atoms with van der Waals surface area (Å²) in [5.74, 6) is 4.48. The van der Waals surface area contributed by atoms with Crippen LogP contribution in [-0.4, -0.2) is 19.3 Å². The van der Waals surface area contributed by atoms with E-state index in [-0.39, 0.29) is 15.6 Å². The summed E-state index contributed by atoms with van der Waals surface area (Å²) in [6, 6.07) is 2.88. The highest BCUT2D eigenvalue weighted by Crippen LogP contribution is 2.25. The van der Waals surface area contributed by atoms with E-state index in [1.165, 1.54) is 25.5 Å². The van der Waals surface area contributed by atoms with Gasteiger partial charge in [0.25, 0.3) is 0 Å². The van der Waals surface area contributed by atoms with Gasteiger partial charge in [-0.15, -0.1) is 0 Å². The minimum absolute atomic E-state index is 0.279. The number of carbonyl (C=O) groups is 1. The normalized spacial score (nSPS) is 10.6. The second-order valence-electron chi connectivity index (χ2n) is 2.62. The molecule has 1 aromatic carbocycles. The Kier molecular flexibility index (Phi) is 3.94. The zero-order chi connectivity index (χ0) is 11.4. The molecule has 0 aliphatic carbocycles. The van der Waals surface area contributed by atoms with Crippen LogP contribution in [0.5, 0.6) is 0 Å². The summed E-state index contributed by atoms with van der Waals surface area (Å²) in [5.41, 5.74) is 0.746. The Bertz CT molecular complexity index is 396. The Morgan fingerprint density at radius 2 is 2.00 bits per heavy atom. The van der Waals surface area contributed by atoms with Crippen LogP contribution >= 0.6 is 23.2 Å². The summed E-state index contributed by atoms with van der Waals surface area (Å²) in [6.45, 7) is 0. The van der Waals surface area contributed by atoms with Gasteiger partial charge in [0.2, 0.25) is 0 Å². The van der Waals surface area contributed by atoms with Crippen molar-refractivity contribution in [1.82, 2.24) is 0 Å². The van der Waals surface area contributed by atoms with E-state index in [1.807, 2.05) is 0 Å². The SMILES string of the molecule is COC(=O)c1cc(Cl)c(C=NN)c(Cl)c1. The lowest BCUT2D eigenvalue weighted by Crippen LogP contribution is -2.02. The molecule has 1 aromatic rings. The van der Waals surface area contributed by atoms with Crippen LogP contribution < -0.4 is 5.84 Å². The van der Waals surface area contributed by atoms with Crippen molar-refractivity contribution in [1.29, 1.82) is 0 Å². The molecule has 4 nitrogen and oxygen atoms in total. The number of esters is 1. The third-order valence-corrected chi connectivity index (χ3v) is 2.33. The van der Waals surface area contributed by atoms with E-state index in [0.717, 1.165) is 0 Å². The maximum Gasteiger partial charge on any atom is 0.337 e. The summed E-state index contributed by atoms with van der Waals surface area (Å²) in [7, 11) is 1.28. The van der Waals surface area contributed by atoms with E-state index >= 15 is 0 Å². The molecule has 2 N–H and O–H groups in total. The minimum Gasteiger partial charge on any atom is -0.465 e. The predicted octanol–water partition coefficient (Wildman–Crippen LogP) is 2.07. The van der Waals surface area contributed by atoms with Crippen LogP contribution in [-0.2, 0) is 4.74 Å². The zero-order valence-electron chi connectivity index (χ0n) is 7.83. The number of hydrogen-bond donors (Lipinski definition) is 1. The summed E-state index contributed by atoms with van der Waals surface area (Å²) in [6.07, 6.45) is 1.31. The maximum absolute atomic E-state index is 11.2. The van der Waals surface area contributed by atoms with Crippen molar-refractivity contribution >= 4 is 35.4 Å². The lowest BCUT2D eigenvalue weighted by Gasteiger charge is -2.04. The van der Waals surface area contributed by atoms with Crippen molar-refractivity contribution in [2.75, 3.05) is 7.11 Å².